The number of rotatable bonds is 6. The Labute approximate surface area is 143 Å². The van der Waals surface area contributed by atoms with Gasteiger partial charge < -0.3 is 0 Å². The minimum absolute atomic E-state index is 0.00698. The van der Waals surface area contributed by atoms with Crippen LogP contribution in [-0.2, 0) is 10.0 Å². The van der Waals surface area contributed by atoms with Crippen LogP contribution >= 0.6 is 0 Å². The van der Waals surface area contributed by atoms with Crippen LogP contribution in [-0.4, -0.2) is 24.8 Å². The average Bonchev–Trinajstić information content (AvgIpc) is 2.56. The highest BCUT2D eigenvalue weighted by molar-refractivity contribution is 7.92. The SMILES string of the molecule is CCN(c1cc([N+](=O)[O-])ccc1C)S(=O)(=O)c1cccc([N+](=O)[O-])c1. The van der Waals surface area contributed by atoms with Gasteiger partial charge in [0.05, 0.1) is 20.4 Å². The lowest BCUT2D eigenvalue weighted by Crippen LogP contribution is -2.31. The fourth-order valence-electron chi connectivity index (χ4n) is 2.33. The summed E-state index contributed by atoms with van der Waals surface area (Å²) in [5.74, 6) is 0. The van der Waals surface area contributed by atoms with Crippen LogP contribution in [0.5, 0.6) is 0 Å². The molecule has 0 aliphatic rings. The summed E-state index contributed by atoms with van der Waals surface area (Å²) < 4.78 is 26.8. The van der Waals surface area contributed by atoms with Crippen LogP contribution in [0.4, 0.5) is 17.1 Å². The number of nitro benzene ring substituents is 2. The van der Waals surface area contributed by atoms with E-state index >= 15 is 0 Å². The summed E-state index contributed by atoms with van der Waals surface area (Å²) >= 11 is 0. The molecule has 2 rings (SSSR count). The van der Waals surface area contributed by atoms with Crippen LogP contribution in [0.1, 0.15) is 12.5 Å². The maximum atomic E-state index is 12.9. The van der Waals surface area contributed by atoms with Crippen molar-refractivity contribution in [1.82, 2.24) is 0 Å². The maximum absolute atomic E-state index is 12.9. The molecule has 2 aromatic rings. The summed E-state index contributed by atoms with van der Waals surface area (Å²) in [5.41, 5.74) is 0.0887. The van der Waals surface area contributed by atoms with Gasteiger partial charge >= 0.3 is 0 Å². The van der Waals surface area contributed by atoms with E-state index in [4.69, 9.17) is 0 Å². The largest absolute Gasteiger partial charge is 0.271 e. The average molecular weight is 365 g/mol. The Bertz CT molecular complexity index is 942. The van der Waals surface area contributed by atoms with Crippen LogP contribution in [0.15, 0.2) is 47.4 Å². The zero-order valence-electron chi connectivity index (χ0n) is 13.4. The molecule has 10 heteroatoms. The number of sulfonamides is 1. The lowest BCUT2D eigenvalue weighted by Gasteiger charge is -2.24. The van der Waals surface area contributed by atoms with Gasteiger partial charge in [0, 0.05) is 30.8 Å². The molecule has 0 spiro atoms. The first-order valence-corrected chi connectivity index (χ1v) is 8.64. The summed E-state index contributed by atoms with van der Waals surface area (Å²) in [4.78, 5) is 20.3. The number of aryl methyl sites for hydroxylation is 1. The van der Waals surface area contributed by atoms with Crippen molar-refractivity contribution in [3.8, 4) is 0 Å². The molecule has 2 aromatic carbocycles. The number of benzene rings is 2. The van der Waals surface area contributed by atoms with E-state index in [2.05, 4.69) is 0 Å². The van der Waals surface area contributed by atoms with E-state index in [0.29, 0.717) is 5.56 Å². The predicted octanol–water partition coefficient (Wildman–Crippen LogP) is 3.03. The number of hydrogen-bond donors (Lipinski definition) is 0. The highest BCUT2D eigenvalue weighted by Gasteiger charge is 2.27. The smallest absolute Gasteiger partial charge is 0.266 e. The minimum atomic E-state index is -4.12. The van der Waals surface area contributed by atoms with E-state index in [9.17, 15) is 28.6 Å². The van der Waals surface area contributed by atoms with Crippen molar-refractivity contribution in [1.29, 1.82) is 0 Å². The quantitative estimate of drug-likeness (QED) is 0.572. The zero-order valence-corrected chi connectivity index (χ0v) is 14.3. The third-order valence-corrected chi connectivity index (χ3v) is 5.46. The Hall–Kier alpha value is -3.01. The monoisotopic (exact) mass is 365 g/mol. The normalized spacial score (nSPS) is 11.1. The van der Waals surface area contributed by atoms with Crippen LogP contribution in [0.2, 0.25) is 0 Å². The van der Waals surface area contributed by atoms with Crippen molar-refractivity contribution in [3.05, 3.63) is 68.3 Å². The molecule has 0 heterocycles. The molecule has 0 N–H and O–H groups in total. The Morgan fingerprint density at radius 2 is 1.60 bits per heavy atom. The van der Waals surface area contributed by atoms with Gasteiger partial charge in [-0.3, -0.25) is 24.5 Å². The van der Waals surface area contributed by atoms with Crippen molar-refractivity contribution in [3.63, 3.8) is 0 Å². The van der Waals surface area contributed by atoms with Crippen LogP contribution in [0, 0.1) is 27.2 Å². The lowest BCUT2D eigenvalue weighted by molar-refractivity contribution is -0.385. The van der Waals surface area contributed by atoms with Gasteiger partial charge in [-0.25, -0.2) is 8.42 Å². The van der Waals surface area contributed by atoms with E-state index in [0.717, 1.165) is 10.4 Å². The molecular formula is C15H15N3O6S. The first kappa shape index (κ1) is 18.3. The molecular weight excluding hydrogens is 350 g/mol. The van der Waals surface area contributed by atoms with Crippen molar-refractivity contribution in [2.24, 2.45) is 0 Å². The standard InChI is InChI=1S/C15H15N3O6S/c1-3-16(15-10-13(18(21)22)8-7-11(15)2)25(23,24)14-6-4-5-12(9-14)17(19)20/h4-10H,3H2,1-2H3. The Morgan fingerprint density at radius 1 is 1.00 bits per heavy atom. The molecule has 0 bridgehead atoms. The molecule has 0 atom stereocenters. The van der Waals surface area contributed by atoms with Crippen LogP contribution < -0.4 is 4.31 Å². The minimum Gasteiger partial charge on any atom is -0.266 e. The second-order valence-corrected chi connectivity index (χ2v) is 7.01. The lowest BCUT2D eigenvalue weighted by atomic mass is 10.2. The summed E-state index contributed by atoms with van der Waals surface area (Å²) in [6.45, 7) is 3.21. The summed E-state index contributed by atoms with van der Waals surface area (Å²) in [6.07, 6.45) is 0. The molecule has 9 nitrogen and oxygen atoms in total. The fourth-order valence-corrected chi connectivity index (χ4v) is 3.90. The van der Waals surface area contributed by atoms with Crippen molar-refractivity contribution in [2.75, 3.05) is 10.8 Å². The number of anilines is 1. The molecule has 132 valence electrons. The first-order chi connectivity index (χ1) is 11.7. The highest BCUT2D eigenvalue weighted by Crippen LogP contribution is 2.31. The van der Waals surface area contributed by atoms with Gasteiger partial charge in [-0.05, 0) is 25.5 Å². The molecule has 0 radical (unpaired) electrons. The van der Waals surface area contributed by atoms with Gasteiger partial charge in [-0.1, -0.05) is 12.1 Å². The van der Waals surface area contributed by atoms with Crippen LogP contribution in [0.25, 0.3) is 0 Å². The molecule has 0 saturated heterocycles. The number of hydrogen-bond acceptors (Lipinski definition) is 6. The van der Waals surface area contributed by atoms with Gasteiger partial charge in [0.15, 0.2) is 0 Å². The van der Waals surface area contributed by atoms with E-state index in [1.807, 2.05) is 0 Å². The first-order valence-electron chi connectivity index (χ1n) is 7.20. The van der Waals surface area contributed by atoms with Crippen molar-refractivity contribution < 1.29 is 18.3 Å². The van der Waals surface area contributed by atoms with E-state index in [-0.39, 0.29) is 28.5 Å². The van der Waals surface area contributed by atoms with Crippen LogP contribution in [0.3, 0.4) is 0 Å². The maximum Gasteiger partial charge on any atom is 0.271 e. The summed E-state index contributed by atoms with van der Waals surface area (Å²) in [5, 5.41) is 21.9. The second kappa shape index (κ2) is 6.85. The van der Waals surface area contributed by atoms with Gasteiger partial charge in [-0.2, -0.15) is 0 Å². The summed E-state index contributed by atoms with van der Waals surface area (Å²) in [7, 11) is -4.12. The van der Waals surface area contributed by atoms with Crippen molar-refractivity contribution >= 4 is 27.1 Å². The molecule has 25 heavy (non-hydrogen) atoms. The number of non-ortho nitro benzene ring substituents is 2. The molecule has 0 aliphatic heterocycles. The third kappa shape index (κ3) is 3.58. The Morgan fingerprint density at radius 3 is 2.16 bits per heavy atom. The van der Waals surface area contributed by atoms with Gasteiger partial charge in [0.25, 0.3) is 21.4 Å². The third-order valence-electron chi connectivity index (χ3n) is 3.58. The summed E-state index contributed by atoms with van der Waals surface area (Å²) in [6, 6.07) is 8.59. The van der Waals surface area contributed by atoms with Gasteiger partial charge in [0.1, 0.15) is 0 Å². The highest BCUT2D eigenvalue weighted by atomic mass is 32.2. The molecule has 0 amide bonds. The Kier molecular flexibility index (Phi) is 5.02. The second-order valence-electron chi connectivity index (χ2n) is 5.15. The Balaban J connectivity index is 2.60. The molecule has 0 unspecified atom stereocenters. The van der Waals surface area contributed by atoms with Gasteiger partial charge in [-0.15, -0.1) is 0 Å². The van der Waals surface area contributed by atoms with E-state index in [1.165, 1.54) is 36.4 Å². The topological polar surface area (TPSA) is 124 Å². The number of nitrogens with zero attached hydrogens (tertiary/aromatic N) is 3. The van der Waals surface area contributed by atoms with E-state index < -0.39 is 19.9 Å². The number of nitro groups is 2. The zero-order chi connectivity index (χ0) is 18.8. The predicted molar refractivity (Wildman–Crippen MR) is 91.1 cm³/mol. The molecule has 0 aromatic heterocycles. The fraction of sp³-hybridized carbons (Fsp3) is 0.200. The van der Waals surface area contributed by atoms with Gasteiger partial charge in [0.2, 0.25) is 0 Å². The molecule has 0 aliphatic carbocycles. The van der Waals surface area contributed by atoms with Crippen molar-refractivity contribution in [2.45, 2.75) is 18.7 Å². The van der Waals surface area contributed by atoms with E-state index in [1.54, 1.807) is 13.8 Å². The molecule has 0 fully saturated rings. The molecule has 0 saturated carbocycles.